The van der Waals surface area contributed by atoms with Crippen molar-refractivity contribution in [2.24, 2.45) is 0 Å². The van der Waals surface area contributed by atoms with Crippen LogP contribution in [0.5, 0.6) is 11.5 Å². The number of fused-ring (bicyclic) bond motifs is 3. The Balaban J connectivity index is 1.28. The zero-order chi connectivity index (χ0) is 20.7. The van der Waals surface area contributed by atoms with Gasteiger partial charge in [0.2, 0.25) is 18.6 Å². The average molecular weight is 409 g/mol. The van der Waals surface area contributed by atoms with Crippen molar-refractivity contribution in [3.63, 3.8) is 0 Å². The number of carbonyl (C=O) groups is 1. The third-order valence-electron chi connectivity index (χ3n) is 6.62. The Bertz CT molecular complexity index is 973. The lowest BCUT2D eigenvalue weighted by molar-refractivity contribution is -0.133. The van der Waals surface area contributed by atoms with E-state index in [0.717, 1.165) is 67.5 Å². The largest absolute Gasteiger partial charge is 0.454 e. The molecule has 0 radical (unpaired) electrons. The first-order valence-corrected chi connectivity index (χ1v) is 10.7. The lowest BCUT2D eigenvalue weighted by atomic mass is 9.77. The van der Waals surface area contributed by atoms with Gasteiger partial charge in [-0.2, -0.15) is 0 Å². The highest BCUT2D eigenvalue weighted by Crippen LogP contribution is 2.44. The van der Waals surface area contributed by atoms with Crippen LogP contribution in [0.25, 0.3) is 0 Å². The third kappa shape index (κ3) is 3.36. The highest BCUT2D eigenvalue weighted by molar-refractivity contribution is 5.77. The molecule has 0 bridgehead atoms. The Labute approximate surface area is 177 Å². The molecule has 1 saturated heterocycles. The number of benzene rings is 1. The minimum atomic E-state index is -0.0182. The fourth-order valence-electron chi connectivity index (χ4n) is 5.00. The monoisotopic (exact) mass is 408 g/mol. The maximum atomic E-state index is 13.1. The molecule has 0 saturated carbocycles. The van der Waals surface area contributed by atoms with Gasteiger partial charge in [0.25, 0.3) is 0 Å². The average Bonchev–Trinajstić information content (AvgIpc) is 3.36. The number of nitrogens with zero attached hydrogens (tertiary/aromatic N) is 4. The molecule has 5 rings (SSSR count). The van der Waals surface area contributed by atoms with Crippen LogP contribution in [0.3, 0.4) is 0 Å². The fraction of sp³-hybridized carbons (Fsp3) is 0.522. The van der Waals surface area contributed by atoms with Crippen LogP contribution in [0.4, 0.5) is 5.95 Å². The summed E-state index contributed by atoms with van der Waals surface area (Å²) in [5, 5.41) is 0. The van der Waals surface area contributed by atoms with E-state index < -0.39 is 0 Å². The van der Waals surface area contributed by atoms with Gasteiger partial charge < -0.3 is 19.3 Å². The van der Waals surface area contributed by atoms with Crippen molar-refractivity contribution in [1.82, 2.24) is 14.9 Å². The van der Waals surface area contributed by atoms with Crippen LogP contribution in [0.1, 0.15) is 42.5 Å². The summed E-state index contributed by atoms with van der Waals surface area (Å²) in [7, 11) is 3.94. The maximum absolute atomic E-state index is 13.1. The van der Waals surface area contributed by atoms with Gasteiger partial charge in [0, 0.05) is 45.2 Å². The molecule has 30 heavy (non-hydrogen) atoms. The lowest BCUT2D eigenvalue weighted by Gasteiger charge is -2.40. The first kappa shape index (κ1) is 19.2. The predicted molar refractivity (Wildman–Crippen MR) is 113 cm³/mol. The molecule has 2 aromatic rings. The number of amides is 1. The van der Waals surface area contributed by atoms with Crippen LogP contribution in [0.2, 0.25) is 0 Å². The molecule has 1 spiro atoms. The summed E-state index contributed by atoms with van der Waals surface area (Å²) < 4.78 is 10.8. The Kier molecular flexibility index (Phi) is 4.76. The van der Waals surface area contributed by atoms with Crippen molar-refractivity contribution >= 4 is 11.9 Å². The highest BCUT2D eigenvalue weighted by atomic mass is 16.7. The second-order valence-corrected chi connectivity index (χ2v) is 8.83. The van der Waals surface area contributed by atoms with Gasteiger partial charge in [-0.25, -0.2) is 9.97 Å². The fourth-order valence-corrected chi connectivity index (χ4v) is 5.00. The number of likely N-dealkylation sites (tertiary alicyclic amines) is 1. The second kappa shape index (κ2) is 7.45. The molecular formula is C23H28N4O3. The molecule has 7 nitrogen and oxygen atoms in total. The second-order valence-electron chi connectivity index (χ2n) is 8.83. The molecule has 7 heteroatoms. The van der Waals surface area contributed by atoms with Crippen LogP contribution in [-0.2, 0) is 23.1 Å². The zero-order valence-electron chi connectivity index (χ0n) is 17.7. The van der Waals surface area contributed by atoms with Crippen molar-refractivity contribution in [2.75, 3.05) is 38.9 Å². The number of hydrogen-bond acceptors (Lipinski definition) is 6. The van der Waals surface area contributed by atoms with Crippen LogP contribution in [-0.4, -0.2) is 54.8 Å². The minimum absolute atomic E-state index is 0.0182. The summed E-state index contributed by atoms with van der Waals surface area (Å²) in [6.45, 7) is 1.88. The number of rotatable bonds is 4. The number of hydrogen-bond donors (Lipinski definition) is 0. The van der Waals surface area contributed by atoms with Gasteiger partial charge in [-0.1, -0.05) is 6.07 Å². The number of anilines is 1. The molecule has 1 aromatic carbocycles. The van der Waals surface area contributed by atoms with Crippen molar-refractivity contribution in [3.8, 4) is 11.5 Å². The zero-order valence-corrected chi connectivity index (χ0v) is 17.7. The van der Waals surface area contributed by atoms with E-state index in [9.17, 15) is 4.79 Å². The standard InChI is InChI=1S/C23H28N4O3/c1-26(2)22-24-13-17-8-10-23(21(17)25-22)9-3-11-27(14-23)20(28)7-5-16-4-6-18-19(12-16)30-15-29-18/h4,6,12-13H,3,5,7-11,14-15H2,1-2H3. The summed E-state index contributed by atoms with van der Waals surface area (Å²) >= 11 is 0. The Morgan fingerprint density at radius 3 is 2.97 bits per heavy atom. The number of aromatic nitrogens is 2. The van der Waals surface area contributed by atoms with E-state index in [-0.39, 0.29) is 18.1 Å². The van der Waals surface area contributed by atoms with Crippen molar-refractivity contribution in [1.29, 1.82) is 0 Å². The van der Waals surface area contributed by atoms with Gasteiger partial charge in [-0.15, -0.1) is 0 Å². The van der Waals surface area contributed by atoms with Gasteiger partial charge in [0.05, 0.1) is 5.69 Å². The molecular weight excluding hydrogens is 380 g/mol. The molecule has 158 valence electrons. The molecule has 1 aromatic heterocycles. The van der Waals surface area contributed by atoms with Crippen molar-refractivity contribution < 1.29 is 14.3 Å². The first-order chi connectivity index (χ1) is 14.5. The molecule has 3 heterocycles. The predicted octanol–water partition coefficient (Wildman–Crippen LogP) is 2.71. The molecule has 1 fully saturated rings. The Morgan fingerprint density at radius 1 is 1.23 bits per heavy atom. The number of carbonyl (C=O) groups excluding carboxylic acids is 1. The molecule has 1 unspecified atom stereocenters. The number of ether oxygens (including phenoxy) is 2. The minimum Gasteiger partial charge on any atom is -0.454 e. The van der Waals surface area contributed by atoms with Crippen molar-refractivity contribution in [3.05, 3.63) is 41.2 Å². The maximum Gasteiger partial charge on any atom is 0.231 e. The molecule has 2 aliphatic heterocycles. The molecule has 0 N–H and O–H groups in total. The summed E-state index contributed by atoms with van der Waals surface area (Å²) in [6, 6.07) is 5.93. The Hall–Kier alpha value is -2.83. The van der Waals surface area contributed by atoms with E-state index >= 15 is 0 Å². The van der Waals surface area contributed by atoms with Crippen LogP contribution >= 0.6 is 0 Å². The summed E-state index contributed by atoms with van der Waals surface area (Å²) in [5.41, 5.74) is 3.49. The van der Waals surface area contributed by atoms with Crippen LogP contribution < -0.4 is 14.4 Å². The molecule has 3 aliphatic rings. The Morgan fingerprint density at radius 2 is 2.10 bits per heavy atom. The van der Waals surface area contributed by atoms with Gasteiger partial charge in [-0.05, 0) is 55.4 Å². The normalized spacial score (nSPS) is 21.7. The van der Waals surface area contributed by atoms with E-state index in [0.29, 0.717) is 12.8 Å². The quantitative estimate of drug-likeness (QED) is 0.775. The van der Waals surface area contributed by atoms with Gasteiger partial charge >= 0.3 is 0 Å². The van der Waals surface area contributed by atoms with Crippen LogP contribution in [0.15, 0.2) is 24.4 Å². The smallest absolute Gasteiger partial charge is 0.231 e. The number of aryl methyl sites for hydroxylation is 2. The molecule has 1 atom stereocenters. The van der Waals surface area contributed by atoms with Gasteiger partial charge in [-0.3, -0.25) is 4.79 Å². The molecule has 1 aliphatic carbocycles. The summed E-state index contributed by atoms with van der Waals surface area (Å²) in [6.07, 6.45) is 7.37. The van der Waals surface area contributed by atoms with E-state index in [4.69, 9.17) is 14.5 Å². The van der Waals surface area contributed by atoms with Gasteiger partial charge in [0.15, 0.2) is 11.5 Å². The molecule has 1 amide bonds. The third-order valence-corrected chi connectivity index (χ3v) is 6.62. The van der Waals surface area contributed by atoms with E-state index in [1.54, 1.807) is 0 Å². The lowest BCUT2D eigenvalue weighted by Crippen LogP contribution is -2.48. The summed E-state index contributed by atoms with van der Waals surface area (Å²) in [5.74, 6) is 2.53. The van der Waals surface area contributed by atoms with E-state index in [2.05, 4.69) is 9.88 Å². The summed E-state index contributed by atoms with van der Waals surface area (Å²) in [4.78, 5) is 26.5. The topological polar surface area (TPSA) is 67.8 Å². The van der Waals surface area contributed by atoms with Crippen LogP contribution in [0, 0.1) is 0 Å². The first-order valence-electron chi connectivity index (χ1n) is 10.7. The van der Waals surface area contributed by atoms with Gasteiger partial charge in [0.1, 0.15) is 0 Å². The van der Waals surface area contributed by atoms with Crippen molar-refractivity contribution in [2.45, 2.75) is 43.9 Å². The highest BCUT2D eigenvalue weighted by Gasteiger charge is 2.44. The van der Waals surface area contributed by atoms with E-state index in [1.165, 1.54) is 5.56 Å². The number of piperidine rings is 1. The SMILES string of the molecule is CN(C)c1ncc2c(n1)C1(CCCN(C(=O)CCc3ccc4c(c3)OCO4)C1)CC2. The van der Waals surface area contributed by atoms with E-state index in [1.807, 2.05) is 43.4 Å².